The summed E-state index contributed by atoms with van der Waals surface area (Å²) in [5, 5.41) is 8.33. The van der Waals surface area contributed by atoms with E-state index < -0.39 is 0 Å². The Balaban J connectivity index is 1.56. The van der Waals surface area contributed by atoms with E-state index in [1.165, 1.54) is 12.1 Å². The smallest absolute Gasteiger partial charge is 0.278 e. The monoisotopic (exact) mass is 352 g/mol. The van der Waals surface area contributed by atoms with E-state index in [0.717, 1.165) is 23.1 Å². The van der Waals surface area contributed by atoms with Crippen LogP contribution in [0.4, 0.5) is 4.39 Å². The quantitative estimate of drug-likeness (QED) is 0.705. The first-order chi connectivity index (χ1) is 12.6. The second-order valence-electron chi connectivity index (χ2n) is 6.45. The average molecular weight is 352 g/mol. The number of aromatic nitrogens is 3. The number of benzene rings is 2. The third kappa shape index (κ3) is 3.33. The van der Waals surface area contributed by atoms with Crippen LogP contribution >= 0.6 is 0 Å². The molecule has 1 aliphatic carbocycles. The fourth-order valence-electron chi connectivity index (χ4n) is 2.94. The van der Waals surface area contributed by atoms with Crippen LogP contribution in [0.5, 0.6) is 0 Å². The maximum absolute atomic E-state index is 13.1. The maximum atomic E-state index is 13.1. The van der Waals surface area contributed by atoms with Gasteiger partial charge >= 0.3 is 0 Å². The Morgan fingerprint density at radius 1 is 1.15 bits per heavy atom. The molecular formula is C19H17FN4O2. The highest BCUT2D eigenvalue weighted by Crippen LogP contribution is 2.28. The number of carbonyl (C=O) groups excluding carboxylic acids is 1. The van der Waals surface area contributed by atoms with Crippen molar-refractivity contribution in [1.29, 1.82) is 0 Å². The highest BCUT2D eigenvalue weighted by molar-refractivity contribution is 5.78. The SMILES string of the molecule is O=C(Cn1nnc2ccccc2c1=O)N(Cc1ccc(F)cc1)C1CC1. The molecule has 0 N–H and O–H groups in total. The van der Waals surface area contributed by atoms with Crippen molar-refractivity contribution in [1.82, 2.24) is 19.9 Å². The van der Waals surface area contributed by atoms with Gasteiger partial charge in [0.25, 0.3) is 5.56 Å². The molecule has 26 heavy (non-hydrogen) atoms. The molecular weight excluding hydrogens is 335 g/mol. The molecule has 0 unspecified atom stereocenters. The number of hydrogen-bond acceptors (Lipinski definition) is 4. The Labute approximate surface area is 148 Å². The molecule has 0 radical (unpaired) electrons. The van der Waals surface area contributed by atoms with Crippen LogP contribution in [0.1, 0.15) is 18.4 Å². The van der Waals surface area contributed by atoms with Gasteiger partial charge in [0.05, 0.1) is 5.39 Å². The minimum atomic E-state index is -0.332. The minimum Gasteiger partial charge on any atom is -0.334 e. The number of nitrogens with zero attached hydrogens (tertiary/aromatic N) is 4. The lowest BCUT2D eigenvalue weighted by atomic mass is 10.2. The van der Waals surface area contributed by atoms with Gasteiger partial charge in [0.15, 0.2) is 0 Å². The molecule has 0 spiro atoms. The molecule has 1 saturated carbocycles. The highest BCUT2D eigenvalue weighted by atomic mass is 19.1. The van der Waals surface area contributed by atoms with Gasteiger partial charge in [0.1, 0.15) is 17.9 Å². The van der Waals surface area contributed by atoms with E-state index in [4.69, 9.17) is 0 Å². The van der Waals surface area contributed by atoms with Gasteiger partial charge < -0.3 is 4.90 Å². The molecule has 1 amide bonds. The lowest BCUT2D eigenvalue weighted by molar-refractivity contribution is -0.133. The van der Waals surface area contributed by atoms with E-state index in [2.05, 4.69) is 10.3 Å². The summed E-state index contributed by atoms with van der Waals surface area (Å²) in [7, 11) is 0. The minimum absolute atomic E-state index is 0.158. The summed E-state index contributed by atoms with van der Waals surface area (Å²) < 4.78 is 14.2. The van der Waals surface area contributed by atoms with E-state index in [1.807, 2.05) is 0 Å². The van der Waals surface area contributed by atoms with Crippen molar-refractivity contribution in [3.63, 3.8) is 0 Å². The first-order valence-electron chi connectivity index (χ1n) is 8.48. The number of carbonyl (C=O) groups is 1. The number of rotatable bonds is 5. The molecule has 6 nitrogen and oxygen atoms in total. The van der Waals surface area contributed by atoms with Gasteiger partial charge in [0, 0.05) is 12.6 Å². The van der Waals surface area contributed by atoms with Gasteiger partial charge in [-0.3, -0.25) is 9.59 Å². The normalized spacial score (nSPS) is 13.7. The molecule has 0 atom stereocenters. The standard InChI is InChI=1S/C19H17FN4O2/c20-14-7-5-13(6-8-14)11-23(15-9-10-15)18(25)12-24-19(26)16-3-1-2-4-17(16)21-22-24/h1-8,15H,9-12H2. The van der Waals surface area contributed by atoms with Crippen LogP contribution in [-0.2, 0) is 17.9 Å². The van der Waals surface area contributed by atoms with Gasteiger partial charge in [0.2, 0.25) is 5.91 Å². The lowest BCUT2D eigenvalue weighted by Gasteiger charge is -2.22. The van der Waals surface area contributed by atoms with Gasteiger partial charge in [-0.15, -0.1) is 5.10 Å². The van der Waals surface area contributed by atoms with Crippen molar-refractivity contribution in [2.24, 2.45) is 0 Å². The maximum Gasteiger partial charge on any atom is 0.278 e. The Kier molecular flexibility index (Phi) is 4.20. The zero-order valence-corrected chi connectivity index (χ0v) is 14.0. The van der Waals surface area contributed by atoms with Crippen LogP contribution in [0.15, 0.2) is 53.3 Å². The van der Waals surface area contributed by atoms with E-state index in [1.54, 1.807) is 41.3 Å². The van der Waals surface area contributed by atoms with Crippen molar-refractivity contribution >= 4 is 16.8 Å². The summed E-state index contributed by atoms with van der Waals surface area (Å²) in [6, 6.07) is 13.2. The molecule has 0 bridgehead atoms. The summed E-state index contributed by atoms with van der Waals surface area (Å²) in [6.45, 7) is 0.230. The molecule has 1 aromatic heterocycles. The van der Waals surface area contributed by atoms with Crippen molar-refractivity contribution in [3.8, 4) is 0 Å². The summed E-state index contributed by atoms with van der Waals surface area (Å²) in [4.78, 5) is 27.0. The Morgan fingerprint density at radius 3 is 2.62 bits per heavy atom. The molecule has 1 fully saturated rings. The summed E-state index contributed by atoms with van der Waals surface area (Å²) in [5.74, 6) is -0.500. The zero-order chi connectivity index (χ0) is 18.1. The summed E-state index contributed by atoms with van der Waals surface area (Å²) in [5.41, 5.74) is 1.02. The fraction of sp³-hybridized carbons (Fsp3) is 0.263. The van der Waals surface area contributed by atoms with Crippen LogP contribution < -0.4 is 5.56 Å². The van der Waals surface area contributed by atoms with Gasteiger partial charge in [-0.05, 0) is 42.7 Å². The predicted molar refractivity (Wildman–Crippen MR) is 93.8 cm³/mol. The van der Waals surface area contributed by atoms with E-state index >= 15 is 0 Å². The molecule has 132 valence electrons. The first-order valence-corrected chi connectivity index (χ1v) is 8.48. The molecule has 7 heteroatoms. The van der Waals surface area contributed by atoms with E-state index in [0.29, 0.717) is 17.4 Å². The van der Waals surface area contributed by atoms with Crippen molar-refractivity contribution < 1.29 is 9.18 Å². The topological polar surface area (TPSA) is 68.1 Å². The third-order valence-electron chi connectivity index (χ3n) is 4.49. The number of amides is 1. The summed E-state index contributed by atoms with van der Waals surface area (Å²) in [6.07, 6.45) is 1.87. The van der Waals surface area contributed by atoms with Gasteiger partial charge in [-0.25, -0.2) is 9.07 Å². The van der Waals surface area contributed by atoms with Crippen LogP contribution in [0.25, 0.3) is 10.9 Å². The van der Waals surface area contributed by atoms with E-state index in [-0.39, 0.29) is 29.9 Å². The van der Waals surface area contributed by atoms with Crippen LogP contribution in [-0.4, -0.2) is 31.8 Å². The molecule has 0 saturated heterocycles. The molecule has 4 rings (SSSR count). The first kappa shape index (κ1) is 16.4. The average Bonchev–Trinajstić information content (AvgIpc) is 3.48. The Hall–Kier alpha value is -3.09. The Bertz CT molecular complexity index is 1010. The molecule has 0 aliphatic heterocycles. The third-order valence-corrected chi connectivity index (χ3v) is 4.49. The van der Waals surface area contributed by atoms with Crippen LogP contribution in [0, 0.1) is 5.82 Å². The second-order valence-corrected chi connectivity index (χ2v) is 6.45. The molecule has 2 aromatic carbocycles. The highest BCUT2D eigenvalue weighted by Gasteiger charge is 2.32. The second kappa shape index (κ2) is 6.67. The number of fused-ring (bicyclic) bond motifs is 1. The predicted octanol–water partition coefficient (Wildman–Crippen LogP) is 2.12. The lowest BCUT2D eigenvalue weighted by Crippen LogP contribution is -2.38. The fourth-order valence-corrected chi connectivity index (χ4v) is 2.94. The van der Waals surface area contributed by atoms with Gasteiger partial charge in [-0.2, -0.15) is 0 Å². The largest absolute Gasteiger partial charge is 0.334 e. The molecule has 1 heterocycles. The van der Waals surface area contributed by atoms with Crippen molar-refractivity contribution in [2.45, 2.75) is 32.0 Å². The van der Waals surface area contributed by atoms with Crippen LogP contribution in [0.3, 0.4) is 0 Å². The van der Waals surface area contributed by atoms with E-state index in [9.17, 15) is 14.0 Å². The molecule has 3 aromatic rings. The van der Waals surface area contributed by atoms with Gasteiger partial charge in [-0.1, -0.05) is 29.5 Å². The summed E-state index contributed by atoms with van der Waals surface area (Å²) >= 11 is 0. The number of halogens is 1. The van der Waals surface area contributed by atoms with Crippen LogP contribution in [0.2, 0.25) is 0 Å². The Morgan fingerprint density at radius 2 is 1.88 bits per heavy atom. The molecule has 1 aliphatic rings. The van der Waals surface area contributed by atoms with Crippen molar-refractivity contribution in [2.75, 3.05) is 0 Å². The number of hydrogen-bond donors (Lipinski definition) is 0. The zero-order valence-electron chi connectivity index (χ0n) is 14.0. The van der Waals surface area contributed by atoms with Crippen molar-refractivity contribution in [3.05, 3.63) is 70.3 Å².